The molecule has 0 aromatic heterocycles. The van der Waals surface area contributed by atoms with E-state index in [1.807, 2.05) is 20.8 Å². The minimum Gasteiger partial charge on any atom is -0.298 e. The van der Waals surface area contributed by atoms with Gasteiger partial charge < -0.3 is 0 Å². The molecule has 0 radical (unpaired) electrons. The van der Waals surface area contributed by atoms with Crippen molar-refractivity contribution in [2.45, 2.75) is 62.3 Å². The van der Waals surface area contributed by atoms with E-state index in [1.54, 1.807) is 0 Å². The number of ketones is 1. The summed E-state index contributed by atoms with van der Waals surface area (Å²) in [4.78, 5) is 12.6. The van der Waals surface area contributed by atoms with Gasteiger partial charge in [0.15, 0.2) is 0 Å². The van der Waals surface area contributed by atoms with Gasteiger partial charge in [0.1, 0.15) is 5.78 Å². The van der Waals surface area contributed by atoms with Crippen LogP contribution < -0.4 is 0 Å². The Morgan fingerprint density at radius 2 is 1.25 bits per heavy atom. The fourth-order valence-electron chi connectivity index (χ4n) is 1.98. The SMILES string of the molecule is CC(C)=CC(C)(C(=O)C(C)(C)C)C(C)(C)C. The molecule has 0 aliphatic heterocycles. The summed E-state index contributed by atoms with van der Waals surface area (Å²) in [6.07, 6.45) is 2.13. The molecule has 0 aromatic rings. The van der Waals surface area contributed by atoms with Crippen LogP contribution in [-0.4, -0.2) is 5.78 Å². The number of rotatable bonds is 2. The Morgan fingerprint density at radius 3 is 1.44 bits per heavy atom. The lowest BCUT2D eigenvalue weighted by Gasteiger charge is -2.42. The molecule has 1 atom stereocenters. The molecule has 0 aliphatic carbocycles. The van der Waals surface area contributed by atoms with E-state index < -0.39 is 5.41 Å². The number of carbonyl (C=O) groups excluding carboxylic acids is 1. The van der Waals surface area contributed by atoms with Crippen LogP contribution in [0.5, 0.6) is 0 Å². The largest absolute Gasteiger partial charge is 0.298 e. The normalized spacial score (nSPS) is 16.6. The molecule has 94 valence electrons. The molecule has 1 nitrogen and oxygen atoms in total. The predicted molar refractivity (Wildman–Crippen MR) is 71.5 cm³/mol. The average Bonchev–Trinajstić information content (AvgIpc) is 1.97. The van der Waals surface area contributed by atoms with Gasteiger partial charge in [-0.3, -0.25) is 4.79 Å². The van der Waals surface area contributed by atoms with Gasteiger partial charge in [0.05, 0.1) is 0 Å². The van der Waals surface area contributed by atoms with Gasteiger partial charge >= 0.3 is 0 Å². The zero-order chi connectivity index (χ0) is 13.4. The van der Waals surface area contributed by atoms with Crippen LogP contribution in [-0.2, 0) is 4.79 Å². The second kappa shape index (κ2) is 4.35. The Hall–Kier alpha value is -0.590. The van der Waals surface area contributed by atoms with Crippen LogP contribution >= 0.6 is 0 Å². The number of hydrogen-bond acceptors (Lipinski definition) is 1. The third-order valence-corrected chi connectivity index (χ3v) is 3.29. The lowest BCUT2D eigenvalue weighted by Crippen LogP contribution is -2.44. The van der Waals surface area contributed by atoms with E-state index in [2.05, 4.69) is 47.6 Å². The van der Waals surface area contributed by atoms with E-state index in [1.165, 1.54) is 5.57 Å². The Labute approximate surface area is 101 Å². The highest BCUT2D eigenvalue weighted by Crippen LogP contribution is 2.45. The molecule has 1 heteroatoms. The monoisotopic (exact) mass is 224 g/mol. The van der Waals surface area contributed by atoms with Crippen LogP contribution in [0.15, 0.2) is 11.6 Å². The molecule has 0 rings (SSSR count). The molecular formula is C15H28O. The van der Waals surface area contributed by atoms with E-state index in [9.17, 15) is 4.79 Å². The summed E-state index contributed by atoms with van der Waals surface area (Å²) in [5.74, 6) is 0.314. The number of allylic oxidation sites excluding steroid dienone is 2. The van der Waals surface area contributed by atoms with Gasteiger partial charge in [-0.15, -0.1) is 0 Å². The van der Waals surface area contributed by atoms with Gasteiger partial charge in [-0.1, -0.05) is 53.2 Å². The molecule has 1 unspecified atom stereocenters. The molecule has 0 bridgehead atoms. The molecule has 0 saturated carbocycles. The van der Waals surface area contributed by atoms with Gasteiger partial charge in [-0.2, -0.15) is 0 Å². The molecule has 0 amide bonds. The van der Waals surface area contributed by atoms with Gasteiger partial charge in [0.2, 0.25) is 0 Å². The van der Waals surface area contributed by atoms with Crippen LogP contribution in [0.2, 0.25) is 0 Å². The molecule has 0 aliphatic rings. The fraction of sp³-hybridized carbons (Fsp3) is 0.800. The number of Topliss-reactive ketones (excluding diaryl/α,β-unsaturated/α-hetero) is 1. The smallest absolute Gasteiger partial charge is 0.148 e. The third kappa shape index (κ3) is 3.20. The van der Waals surface area contributed by atoms with Crippen molar-refractivity contribution < 1.29 is 4.79 Å². The summed E-state index contributed by atoms with van der Waals surface area (Å²) in [7, 11) is 0. The molecule has 0 N–H and O–H groups in total. The van der Waals surface area contributed by atoms with Crippen molar-refractivity contribution in [3.8, 4) is 0 Å². The van der Waals surface area contributed by atoms with Gasteiger partial charge in [-0.25, -0.2) is 0 Å². The molecule has 0 heterocycles. The van der Waals surface area contributed by atoms with Crippen molar-refractivity contribution in [1.29, 1.82) is 0 Å². The minimum absolute atomic E-state index is 0.0609. The van der Waals surface area contributed by atoms with Crippen molar-refractivity contribution in [2.24, 2.45) is 16.2 Å². The first-order chi connectivity index (χ1) is 6.82. The summed E-state index contributed by atoms with van der Waals surface area (Å²) in [5.41, 5.74) is 0.446. The highest BCUT2D eigenvalue weighted by molar-refractivity contribution is 5.91. The second-order valence-corrected chi connectivity index (χ2v) is 7.25. The molecule has 0 saturated heterocycles. The topological polar surface area (TPSA) is 17.1 Å². The van der Waals surface area contributed by atoms with Crippen LogP contribution in [0.4, 0.5) is 0 Å². The van der Waals surface area contributed by atoms with Gasteiger partial charge in [-0.05, 0) is 26.2 Å². The average molecular weight is 224 g/mol. The van der Waals surface area contributed by atoms with Crippen molar-refractivity contribution in [1.82, 2.24) is 0 Å². The van der Waals surface area contributed by atoms with Crippen molar-refractivity contribution >= 4 is 5.78 Å². The minimum atomic E-state index is -0.399. The number of carbonyl (C=O) groups is 1. The van der Waals surface area contributed by atoms with E-state index in [4.69, 9.17) is 0 Å². The van der Waals surface area contributed by atoms with E-state index in [0.717, 1.165) is 0 Å². The predicted octanol–water partition coefficient (Wildman–Crippen LogP) is 4.62. The quantitative estimate of drug-likeness (QED) is 0.625. The molecule has 0 aromatic carbocycles. The van der Waals surface area contributed by atoms with E-state index in [0.29, 0.717) is 5.78 Å². The zero-order valence-electron chi connectivity index (χ0n) is 12.5. The van der Waals surface area contributed by atoms with Crippen molar-refractivity contribution in [2.75, 3.05) is 0 Å². The Morgan fingerprint density at radius 1 is 0.875 bits per heavy atom. The maximum Gasteiger partial charge on any atom is 0.148 e. The van der Waals surface area contributed by atoms with E-state index >= 15 is 0 Å². The van der Waals surface area contributed by atoms with Crippen molar-refractivity contribution in [3.63, 3.8) is 0 Å². The lowest BCUT2D eigenvalue weighted by molar-refractivity contribution is -0.138. The third-order valence-electron chi connectivity index (χ3n) is 3.29. The fourth-order valence-corrected chi connectivity index (χ4v) is 1.98. The molecule has 0 spiro atoms. The van der Waals surface area contributed by atoms with Crippen LogP contribution in [0.25, 0.3) is 0 Å². The number of hydrogen-bond donors (Lipinski definition) is 0. The standard InChI is InChI=1S/C15H28O/c1-11(2)10-15(9,14(6,7)8)12(16)13(3,4)5/h10H,1-9H3. The highest BCUT2D eigenvalue weighted by Gasteiger charge is 2.46. The van der Waals surface area contributed by atoms with Crippen LogP contribution in [0.3, 0.4) is 0 Å². The summed E-state index contributed by atoms with van der Waals surface area (Å²) in [6.45, 7) is 18.6. The van der Waals surface area contributed by atoms with Crippen LogP contribution in [0, 0.1) is 16.2 Å². The molecule has 16 heavy (non-hydrogen) atoms. The Bertz CT molecular complexity index is 292. The lowest BCUT2D eigenvalue weighted by atomic mass is 9.60. The summed E-state index contributed by atoms with van der Waals surface area (Å²) >= 11 is 0. The summed E-state index contributed by atoms with van der Waals surface area (Å²) < 4.78 is 0. The van der Waals surface area contributed by atoms with Gasteiger partial charge in [0, 0.05) is 10.8 Å². The Balaban J connectivity index is 5.63. The van der Waals surface area contributed by atoms with Crippen LogP contribution in [0.1, 0.15) is 62.3 Å². The maximum absolute atomic E-state index is 12.6. The molecular weight excluding hydrogens is 196 g/mol. The summed E-state index contributed by atoms with van der Waals surface area (Å²) in [6, 6.07) is 0. The maximum atomic E-state index is 12.6. The van der Waals surface area contributed by atoms with E-state index in [-0.39, 0.29) is 10.8 Å². The second-order valence-electron chi connectivity index (χ2n) is 7.25. The van der Waals surface area contributed by atoms with Crippen molar-refractivity contribution in [3.05, 3.63) is 11.6 Å². The Kier molecular flexibility index (Phi) is 4.19. The first-order valence-corrected chi connectivity index (χ1v) is 6.03. The molecule has 0 fully saturated rings. The highest BCUT2D eigenvalue weighted by atomic mass is 16.1. The van der Waals surface area contributed by atoms with Gasteiger partial charge in [0.25, 0.3) is 0 Å². The first kappa shape index (κ1) is 15.4. The first-order valence-electron chi connectivity index (χ1n) is 6.03. The zero-order valence-corrected chi connectivity index (χ0v) is 12.5. The summed E-state index contributed by atoms with van der Waals surface area (Å²) in [5, 5.41) is 0.